The first kappa shape index (κ1) is 14.7. The highest BCUT2D eigenvalue weighted by atomic mass is 79.9. The number of benzene rings is 2. The van der Waals surface area contributed by atoms with Crippen molar-refractivity contribution >= 4 is 21.8 Å². The highest BCUT2D eigenvalue weighted by Gasteiger charge is 2.09. The molecule has 0 radical (unpaired) electrons. The highest BCUT2D eigenvalue weighted by Crippen LogP contribution is 2.18. The van der Waals surface area contributed by atoms with Gasteiger partial charge in [0, 0.05) is 11.0 Å². The quantitative estimate of drug-likeness (QED) is 0.902. The fraction of sp³-hybridized carbons (Fsp3) is 0.188. The van der Waals surface area contributed by atoms with Crippen molar-refractivity contribution in [2.24, 2.45) is 0 Å². The number of halogens is 2. The van der Waals surface area contributed by atoms with Gasteiger partial charge in [0.25, 0.3) is 5.91 Å². The van der Waals surface area contributed by atoms with Crippen LogP contribution in [-0.2, 0) is 6.42 Å². The van der Waals surface area contributed by atoms with Gasteiger partial charge in [-0.15, -0.1) is 0 Å². The van der Waals surface area contributed by atoms with Crippen molar-refractivity contribution in [2.45, 2.75) is 13.3 Å². The normalized spacial score (nSPS) is 10.3. The van der Waals surface area contributed by atoms with E-state index >= 15 is 0 Å². The second-order valence-corrected chi connectivity index (χ2v) is 5.43. The van der Waals surface area contributed by atoms with Crippen LogP contribution in [0.2, 0.25) is 0 Å². The predicted octanol–water partition coefficient (Wildman–Crippen LogP) is 3.87. The second kappa shape index (κ2) is 6.66. The number of nitrogens with one attached hydrogen (secondary N) is 1. The summed E-state index contributed by atoms with van der Waals surface area (Å²) in [6, 6.07) is 12.1. The molecule has 0 unspecified atom stereocenters. The Morgan fingerprint density at radius 3 is 2.70 bits per heavy atom. The van der Waals surface area contributed by atoms with Gasteiger partial charge in [-0.1, -0.05) is 24.3 Å². The minimum Gasteiger partial charge on any atom is -0.352 e. The fourth-order valence-electron chi connectivity index (χ4n) is 1.91. The summed E-state index contributed by atoms with van der Waals surface area (Å²) in [6.45, 7) is 2.37. The number of amides is 1. The topological polar surface area (TPSA) is 29.1 Å². The van der Waals surface area contributed by atoms with E-state index in [1.807, 2.05) is 19.1 Å². The molecule has 0 aliphatic carbocycles. The SMILES string of the molecule is Cc1ccc(C(=O)NCCc2ccccc2F)c(Br)c1. The summed E-state index contributed by atoms with van der Waals surface area (Å²) >= 11 is 3.38. The van der Waals surface area contributed by atoms with Gasteiger partial charge < -0.3 is 5.32 Å². The van der Waals surface area contributed by atoms with E-state index in [-0.39, 0.29) is 11.7 Å². The van der Waals surface area contributed by atoms with E-state index in [0.717, 1.165) is 10.0 Å². The average molecular weight is 336 g/mol. The molecule has 2 rings (SSSR count). The summed E-state index contributed by atoms with van der Waals surface area (Å²) in [5, 5.41) is 2.80. The van der Waals surface area contributed by atoms with E-state index in [1.165, 1.54) is 6.07 Å². The lowest BCUT2D eigenvalue weighted by Crippen LogP contribution is -2.26. The van der Waals surface area contributed by atoms with Crippen LogP contribution < -0.4 is 5.32 Å². The maximum atomic E-state index is 13.4. The summed E-state index contributed by atoms with van der Waals surface area (Å²) < 4.78 is 14.2. The standard InChI is InChI=1S/C16H15BrFNO/c1-11-6-7-13(14(17)10-11)16(20)19-9-8-12-4-2-3-5-15(12)18/h2-7,10H,8-9H2,1H3,(H,19,20). The van der Waals surface area contributed by atoms with Crippen LogP contribution in [0, 0.1) is 12.7 Å². The molecule has 0 saturated carbocycles. The van der Waals surface area contributed by atoms with Crippen LogP contribution in [0.5, 0.6) is 0 Å². The van der Waals surface area contributed by atoms with Crippen molar-refractivity contribution in [1.82, 2.24) is 5.32 Å². The molecule has 0 spiro atoms. The third-order valence-corrected chi connectivity index (χ3v) is 3.66. The van der Waals surface area contributed by atoms with Gasteiger partial charge >= 0.3 is 0 Å². The van der Waals surface area contributed by atoms with Gasteiger partial charge in [0.05, 0.1) is 5.56 Å². The van der Waals surface area contributed by atoms with E-state index < -0.39 is 0 Å². The summed E-state index contributed by atoms with van der Waals surface area (Å²) in [7, 11) is 0. The van der Waals surface area contributed by atoms with Crippen molar-refractivity contribution in [2.75, 3.05) is 6.54 Å². The molecule has 0 aliphatic heterocycles. The zero-order chi connectivity index (χ0) is 14.5. The van der Waals surface area contributed by atoms with Crippen molar-refractivity contribution in [1.29, 1.82) is 0 Å². The summed E-state index contributed by atoms with van der Waals surface area (Å²) in [5.74, 6) is -0.397. The van der Waals surface area contributed by atoms with Crippen molar-refractivity contribution in [3.8, 4) is 0 Å². The molecule has 0 saturated heterocycles. The van der Waals surface area contributed by atoms with Gasteiger partial charge in [0.15, 0.2) is 0 Å². The number of rotatable bonds is 4. The maximum Gasteiger partial charge on any atom is 0.252 e. The molecule has 0 heterocycles. The van der Waals surface area contributed by atoms with Crippen LogP contribution in [0.4, 0.5) is 4.39 Å². The molecule has 1 amide bonds. The minimum atomic E-state index is -0.238. The number of hydrogen-bond donors (Lipinski definition) is 1. The lowest BCUT2D eigenvalue weighted by Gasteiger charge is -2.08. The molecule has 0 aromatic heterocycles. The molecular formula is C16H15BrFNO. The van der Waals surface area contributed by atoms with E-state index in [9.17, 15) is 9.18 Å². The molecule has 20 heavy (non-hydrogen) atoms. The number of hydrogen-bond acceptors (Lipinski definition) is 1. The van der Waals surface area contributed by atoms with Crippen LogP contribution in [0.25, 0.3) is 0 Å². The molecule has 104 valence electrons. The molecule has 2 aromatic rings. The fourth-order valence-corrected chi connectivity index (χ4v) is 2.58. The Labute approximate surface area is 126 Å². The van der Waals surface area contributed by atoms with Gasteiger partial charge in [-0.25, -0.2) is 4.39 Å². The Hall–Kier alpha value is -1.68. The molecule has 1 N–H and O–H groups in total. The van der Waals surface area contributed by atoms with Gasteiger partial charge in [-0.3, -0.25) is 4.79 Å². The monoisotopic (exact) mass is 335 g/mol. The number of carbonyl (C=O) groups excluding carboxylic acids is 1. The first-order valence-corrected chi connectivity index (χ1v) is 7.15. The molecule has 0 atom stereocenters. The predicted molar refractivity (Wildman–Crippen MR) is 81.3 cm³/mol. The van der Waals surface area contributed by atoms with Crippen LogP contribution in [-0.4, -0.2) is 12.5 Å². The molecule has 0 fully saturated rings. The van der Waals surface area contributed by atoms with Crippen LogP contribution >= 0.6 is 15.9 Å². The molecule has 0 bridgehead atoms. The lowest BCUT2D eigenvalue weighted by molar-refractivity contribution is 0.0953. The van der Waals surface area contributed by atoms with Crippen molar-refractivity contribution < 1.29 is 9.18 Å². The van der Waals surface area contributed by atoms with Crippen LogP contribution in [0.15, 0.2) is 46.9 Å². The zero-order valence-electron chi connectivity index (χ0n) is 11.1. The lowest BCUT2D eigenvalue weighted by atomic mass is 10.1. The zero-order valence-corrected chi connectivity index (χ0v) is 12.7. The number of aryl methyl sites for hydroxylation is 1. The smallest absolute Gasteiger partial charge is 0.252 e. The van der Waals surface area contributed by atoms with Gasteiger partial charge in [0.1, 0.15) is 5.82 Å². The van der Waals surface area contributed by atoms with Gasteiger partial charge in [-0.05, 0) is 58.6 Å². The van der Waals surface area contributed by atoms with E-state index in [2.05, 4.69) is 21.2 Å². The Kier molecular flexibility index (Phi) is 4.90. The van der Waals surface area contributed by atoms with Gasteiger partial charge in [0.2, 0.25) is 0 Å². The number of carbonyl (C=O) groups is 1. The van der Waals surface area contributed by atoms with E-state index in [1.54, 1.807) is 24.3 Å². The Morgan fingerprint density at radius 1 is 1.25 bits per heavy atom. The van der Waals surface area contributed by atoms with E-state index in [4.69, 9.17) is 0 Å². The van der Waals surface area contributed by atoms with Gasteiger partial charge in [-0.2, -0.15) is 0 Å². The largest absolute Gasteiger partial charge is 0.352 e. The van der Waals surface area contributed by atoms with Crippen LogP contribution in [0.3, 0.4) is 0 Å². The molecule has 2 nitrogen and oxygen atoms in total. The highest BCUT2D eigenvalue weighted by molar-refractivity contribution is 9.10. The Balaban J connectivity index is 1.94. The first-order chi connectivity index (χ1) is 9.58. The average Bonchev–Trinajstić information content (AvgIpc) is 2.40. The van der Waals surface area contributed by atoms with Crippen molar-refractivity contribution in [3.05, 3.63) is 69.4 Å². The maximum absolute atomic E-state index is 13.4. The minimum absolute atomic E-state index is 0.159. The summed E-state index contributed by atoms with van der Waals surface area (Å²) in [6.07, 6.45) is 0.474. The van der Waals surface area contributed by atoms with Crippen molar-refractivity contribution in [3.63, 3.8) is 0 Å². The molecule has 4 heteroatoms. The summed E-state index contributed by atoms with van der Waals surface area (Å²) in [4.78, 5) is 12.0. The molecule has 0 aliphatic rings. The van der Waals surface area contributed by atoms with E-state index in [0.29, 0.717) is 24.1 Å². The Morgan fingerprint density at radius 2 is 2.00 bits per heavy atom. The third-order valence-electron chi connectivity index (χ3n) is 3.01. The first-order valence-electron chi connectivity index (χ1n) is 6.35. The summed E-state index contributed by atoms with van der Waals surface area (Å²) in [5.41, 5.74) is 2.28. The second-order valence-electron chi connectivity index (χ2n) is 4.58. The Bertz CT molecular complexity index is 628. The third kappa shape index (κ3) is 3.67. The molecular weight excluding hydrogens is 321 g/mol. The molecule has 2 aromatic carbocycles. The van der Waals surface area contributed by atoms with Crippen LogP contribution in [0.1, 0.15) is 21.5 Å².